The van der Waals surface area contributed by atoms with Crippen molar-refractivity contribution in [2.75, 3.05) is 0 Å². The molecule has 9 rings (SSSR count). The summed E-state index contributed by atoms with van der Waals surface area (Å²) in [6.07, 6.45) is 2.01. The Bertz CT molecular complexity index is 2870. The van der Waals surface area contributed by atoms with Crippen LogP contribution in [0, 0.1) is 26.0 Å². The molecule has 7 heteroatoms. The number of hydrogen-bond acceptors (Lipinski definition) is 4. The summed E-state index contributed by atoms with van der Waals surface area (Å²) in [5, 5.41) is 3.45. The summed E-state index contributed by atoms with van der Waals surface area (Å²) in [5.41, 5.74) is 15.3. The summed E-state index contributed by atoms with van der Waals surface area (Å²) in [5.74, 6) is 1.64. The molecule has 0 spiro atoms. The molecule has 9 aromatic rings. The van der Waals surface area contributed by atoms with Crippen molar-refractivity contribution < 1.29 is 24.5 Å². The van der Waals surface area contributed by atoms with Crippen molar-refractivity contribution in [2.24, 2.45) is 0 Å². The summed E-state index contributed by atoms with van der Waals surface area (Å²) in [7, 11) is -1.33. The van der Waals surface area contributed by atoms with E-state index < -0.39 is 8.07 Å². The van der Waals surface area contributed by atoms with Gasteiger partial charge in [-0.2, -0.15) is 0 Å². The van der Waals surface area contributed by atoms with Crippen molar-refractivity contribution in [3.8, 4) is 39.5 Å². The molecule has 0 amide bonds. The second-order valence-corrected chi connectivity index (χ2v) is 22.0. The van der Waals surface area contributed by atoms with Gasteiger partial charge in [-0.3, -0.25) is 4.98 Å². The molecule has 0 unspecified atom stereocenters. The van der Waals surface area contributed by atoms with Gasteiger partial charge >= 0.3 is 0 Å². The maximum Gasteiger partial charge on any atom is 0.216 e. The Balaban J connectivity index is 0.000000186. The zero-order valence-electron chi connectivity index (χ0n) is 35.3. The molecular formula is C52H50IrN4OSi-2. The number of furan rings is 1. The van der Waals surface area contributed by atoms with Crippen LogP contribution in [-0.2, 0) is 20.1 Å². The Hall–Kier alpha value is -5.46. The predicted molar refractivity (Wildman–Crippen MR) is 245 cm³/mol. The van der Waals surface area contributed by atoms with E-state index in [4.69, 9.17) is 9.40 Å². The van der Waals surface area contributed by atoms with Gasteiger partial charge in [0.15, 0.2) is 0 Å². The van der Waals surface area contributed by atoms with Crippen LogP contribution in [0.25, 0.3) is 72.6 Å². The zero-order chi connectivity index (χ0) is 40.7. The first kappa shape index (κ1) is 41.7. The SMILES string of the molecule is Cc1ccc2c(n1)oc1c[c-]c(-c3ccc([Si](C)(C)C)cn3)cc12.Cc1ccccc1-c1cc(C(C)C)c(-n2c(-c3[c-]cccc3)nc3ccccc32)c(C(C)C)c1.[Ir]. The molecule has 0 saturated heterocycles. The van der Waals surface area contributed by atoms with E-state index >= 15 is 0 Å². The number of aryl methyl sites for hydroxylation is 2. The normalized spacial score (nSPS) is 11.6. The molecule has 0 bridgehead atoms. The van der Waals surface area contributed by atoms with E-state index in [0.717, 1.165) is 55.7 Å². The van der Waals surface area contributed by atoms with Gasteiger partial charge in [0.05, 0.1) is 30.5 Å². The van der Waals surface area contributed by atoms with Crippen molar-refractivity contribution in [3.05, 3.63) is 162 Å². The fourth-order valence-electron chi connectivity index (χ4n) is 7.67. The summed E-state index contributed by atoms with van der Waals surface area (Å²) >= 11 is 0. The van der Waals surface area contributed by atoms with Crippen LogP contribution < -0.4 is 5.19 Å². The molecule has 0 fully saturated rings. The summed E-state index contributed by atoms with van der Waals surface area (Å²) in [6, 6.07) is 49.1. The van der Waals surface area contributed by atoms with Crippen molar-refractivity contribution in [3.63, 3.8) is 0 Å². The monoisotopic (exact) mass is 967 g/mol. The number of nitrogens with zero attached hydrogens (tertiary/aromatic N) is 4. The van der Waals surface area contributed by atoms with Crippen molar-refractivity contribution in [1.29, 1.82) is 0 Å². The average molecular weight is 967 g/mol. The standard InChI is InChI=1S/C32H31N2.C20H19N2OSi.Ir/c1-21(2)27-19-25(26-16-10-9-13-23(26)5)20-28(22(3)4)31(27)34-30-18-12-11-17-29(30)33-32(34)24-14-7-6-8-15-24;1-13-5-8-16-17-11-14(6-10-19(17)23-20(16)22-13)18-9-7-15(12-21-18)24(2,3)4;/h6-14,16-22H,1-5H3;5,7-12H,1-4H3;/q2*-1;. The first-order valence-corrected chi connectivity index (χ1v) is 23.7. The van der Waals surface area contributed by atoms with E-state index in [0.29, 0.717) is 17.5 Å². The van der Waals surface area contributed by atoms with Crippen LogP contribution >= 0.6 is 0 Å². The molecule has 5 aromatic carbocycles. The molecular weight excluding hydrogens is 917 g/mol. The van der Waals surface area contributed by atoms with Gasteiger partial charge in [0.1, 0.15) is 0 Å². The smallest absolute Gasteiger partial charge is 0.216 e. The third-order valence-corrected chi connectivity index (χ3v) is 12.9. The molecule has 0 saturated carbocycles. The average Bonchev–Trinajstić information content (AvgIpc) is 3.78. The Kier molecular flexibility index (Phi) is 12.0. The molecule has 4 heterocycles. The van der Waals surface area contributed by atoms with E-state index in [1.165, 1.54) is 38.7 Å². The van der Waals surface area contributed by atoms with Crippen LogP contribution in [0.1, 0.15) is 61.9 Å². The van der Waals surface area contributed by atoms with Gasteiger partial charge < -0.3 is 14.0 Å². The minimum Gasteiger partial charge on any atom is -0.486 e. The van der Waals surface area contributed by atoms with E-state index in [-0.39, 0.29) is 20.1 Å². The van der Waals surface area contributed by atoms with E-state index in [9.17, 15) is 0 Å². The van der Waals surface area contributed by atoms with Crippen LogP contribution in [-0.4, -0.2) is 27.6 Å². The minimum absolute atomic E-state index is 0. The van der Waals surface area contributed by atoms with E-state index in [1.54, 1.807) is 0 Å². The molecule has 5 nitrogen and oxygen atoms in total. The van der Waals surface area contributed by atoms with Gasteiger partial charge in [0, 0.05) is 43.1 Å². The number of rotatable bonds is 7. The first-order valence-electron chi connectivity index (χ1n) is 20.2. The van der Waals surface area contributed by atoms with Crippen molar-refractivity contribution in [2.45, 2.75) is 73.0 Å². The Labute approximate surface area is 363 Å². The number of fused-ring (bicyclic) bond motifs is 4. The van der Waals surface area contributed by atoms with E-state index in [1.807, 2.05) is 37.4 Å². The number of aromatic nitrogens is 4. The minimum atomic E-state index is -1.33. The molecule has 0 aliphatic carbocycles. The summed E-state index contributed by atoms with van der Waals surface area (Å²) in [4.78, 5) is 14.2. The third-order valence-electron chi connectivity index (χ3n) is 10.9. The maximum absolute atomic E-state index is 5.83. The first-order chi connectivity index (χ1) is 27.9. The van der Waals surface area contributed by atoms with E-state index in [2.05, 4.69) is 178 Å². The second-order valence-electron chi connectivity index (χ2n) is 16.9. The van der Waals surface area contributed by atoms with Gasteiger partial charge in [-0.1, -0.05) is 101 Å². The van der Waals surface area contributed by atoms with Gasteiger partial charge in [-0.05, 0) is 101 Å². The number of imidazole rings is 1. The second kappa shape index (κ2) is 17.0. The Morgan fingerprint density at radius 1 is 0.695 bits per heavy atom. The fraction of sp³-hybridized carbons (Fsp3) is 0.212. The Morgan fingerprint density at radius 3 is 2.07 bits per heavy atom. The number of pyridine rings is 2. The maximum atomic E-state index is 5.83. The van der Waals surface area contributed by atoms with Gasteiger partial charge in [-0.15, -0.1) is 59.7 Å². The van der Waals surface area contributed by atoms with Crippen molar-refractivity contribution >= 4 is 46.4 Å². The molecule has 59 heavy (non-hydrogen) atoms. The molecule has 0 aliphatic heterocycles. The number of benzene rings is 5. The zero-order valence-corrected chi connectivity index (χ0v) is 38.7. The van der Waals surface area contributed by atoms with Crippen LogP contribution in [0.5, 0.6) is 0 Å². The largest absolute Gasteiger partial charge is 0.486 e. The number of hydrogen-bond donors (Lipinski definition) is 0. The third kappa shape index (κ3) is 8.38. The van der Waals surface area contributed by atoms with Crippen LogP contribution in [0.4, 0.5) is 0 Å². The summed E-state index contributed by atoms with van der Waals surface area (Å²) < 4.78 is 8.20. The summed E-state index contributed by atoms with van der Waals surface area (Å²) in [6.45, 7) is 20.3. The van der Waals surface area contributed by atoms with Crippen LogP contribution in [0.15, 0.2) is 132 Å². The molecule has 299 valence electrons. The molecule has 0 aliphatic rings. The molecule has 0 N–H and O–H groups in total. The van der Waals surface area contributed by atoms with Gasteiger partial charge in [-0.25, -0.2) is 4.98 Å². The number of para-hydroxylation sites is 2. The van der Waals surface area contributed by atoms with Crippen LogP contribution in [0.2, 0.25) is 19.6 Å². The molecule has 0 atom stereocenters. The quantitative estimate of drug-likeness (QED) is 0.118. The van der Waals surface area contributed by atoms with Crippen molar-refractivity contribution in [1.82, 2.24) is 19.5 Å². The van der Waals surface area contributed by atoms with Crippen LogP contribution in [0.3, 0.4) is 0 Å². The van der Waals surface area contributed by atoms with Gasteiger partial charge in [0.25, 0.3) is 0 Å². The Morgan fingerprint density at radius 2 is 1.41 bits per heavy atom. The molecule has 4 aromatic heterocycles. The topological polar surface area (TPSA) is 56.7 Å². The fourth-order valence-corrected chi connectivity index (χ4v) is 8.71. The van der Waals surface area contributed by atoms with Gasteiger partial charge in [0.2, 0.25) is 5.71 Å². The molecule has 1 radical (unpaired) electrons. The predicted octanol–water partition coefficient (Wildman–Crippen LogP) is 13.4.